The highest BCUT2D eigenvalue weighted by atomic mass is 32.2. The van der Waals surface area contributed by atoms with E-state index < -0.39 is 10.0 Å². The van der Waals surface area contributed by atoms with Crippen LogP contribution in [0, 0.1) is 5.92 Å². The van der Waals surface area contributed by atoms with Gasteiger partial charge in [-0.1, -0.05) is 24.3 Å². The summed E-state index contributed by atoms with van der Waals surface area (Å²) in [6.07, 6.45) is 6.34. The molecule has 144 valence electrons. The predicted molar refractivity (Wildman–Crippen MR) is 106 cm³/mol. The Morgan fingerprint density at radius 1 is 1.19 bits per heavy atom. The summed E-state index contributed by atoms with van der Waals surface area (Å²) in [5, 5.41) is 6.99. The van der Waals surface area contributed by atoms with Crippen LogP contribution in [0.25, 0.3) is 0 Å². The van der Waals surface area contributed by atoms with Gasteiger partial charge in [0.25, 0.3) is 0 Å². The van der Waals surface area contributed by atoms with E-state index in [1.54, 1.807) is 11.4 Å². The van der Waals surface area contributed by atoms with Crippen LogP contribution in [0.1, 0.15) is 30.4 Å². The summed E-state index contributed by atoms with van der Waals surface area (Å²) in [5.41, 5.74) is 2.89. The first-order valence-electron chi connectivity index (χ1n) is 9.45. The van der Waals surface area contributed by atoms with Gasteiger partial charge < -0.3 is 10.6 Å². The number of sulfonamides is 1. The van der Waals surface area contributed by atoms with E-state index in [9.17, 15) is 8.42 Å². The van der Waals surface area contributed by atoms with Crippen molar-refractivity contribution in [2.75, 3.05) is 32.9 Å². The maximum atomic E-state index is 11.6. The lowest BCUT2D eigenvalue weighted by molar-refractivity contribution is 0.274. The Morgan fingerprint density at radius 3 is 2.54 bits per heavy atom. The summed E-state index contributed by atoms with van der Waals surface area (Å²) in [6.45, 7) is 2.08. The number of nitrogens with one attached hydrogen (secondary N) is 2. The molecular formula is C19H30N4O2S. The van der Waals surface area contributed by atoms with Crippen LogP contribution < -0.4 is 10.6 Å². The van der Waals surface area contributed by atoms with Gasteiger partial charge in [0.05, 0.1) is 6.26 Å². The lowest BCUT2D eigenvalue weighted by Gasteiger charge is -2.31. The fourth-order valence-corrected chi connectivity index (χ4v) is 4.77. The SMILES string of the molecule is CN=C(NCC1CCN(S(C)(=O)=O)CC1)NC1CCc2ccccc2C1. The molecule has 26 heavy (non-hydrogen) atoms. The van der Waals surface area contributed by atoms with Gasteiger partial charge in [-0.3, -0.25) is 4.99 Å². The van der Waals surface area contributed by atoms with Crippen molar-refractivity contribution >= 4 is 16.0 Å². The molecule has 1 fully saturated rings. The van der Waals surface area contributed by atoms with Gasteiger partial charge in [-0.05, 0) is 49.1 Å². The first kappa shape index (κ1) is 19.2. The van der Waals surface area contributed by atoms with Crippen molar-refractivity contribution in [1.82, 2.24) is 14.9 Å². The molecule has 0 saturated carbocycles. The van der Waals surface area contributed by atoms with Crippen molar-refractivity contribution in [2.45, 2.75) is 38.1 Å². The smallest absolute Gasteiger partial charge is 0.211 e. The Balaban J connectivity index is 1.45. The van der Waals surface area contributed by atoms with Crippen LogP contribution in [0.4, 0.5) is 0 Å². The molecular weight excluding hydrogens is 348 g/mol. The Labute approximate surface area is 157 Å². The number of rotatable bonds is 4. The van der Waals surface area contributed by atoms with E-state index in [2.05, 4.69) is 39.9 Å². The predicted octanol–water partition coefficient (Wildman–Crippen LogP) is 1.38. The summed E-state index contributed by atoms with van der Waals surface area (Å²) in [7, 11) is -1.25. The van der Waals surface area contributed by atoms with Crippen LogP contribution in [0.2, 0.25) is 0 Å². The average Bonchev–Trinajstić information content (AvgIpc) is 2.64. The minimum atomic E-state index is -3.05. The number of nitrogens with zero attached hydrogens (tertiary/aromatic N) is 2. The van der Waals surface area contributed by atoms with E-state index in [1.807, 2.05) is 0 Å². The number of hydrogen-bond donors (Lipinski definition) is 2. The molecule has 1 aliphatic heterocycles. The zero-order chi connectivity index (χ0) is 18.6. The normalized spacial score (nSPS) is 22.7. The highest BCUT2D eigenvalue weighted by Crippen LogP contribution is 2.21. The number of benzene rings is 1. The minimum absolute atomic E-state index is 0.406. The van der Waals surface area contributed by atoms with Crippen LogP contribution in [0.15, 0.2) is 29.3 Å². The fraction of sp³-hybridized carbons (Fsp3) is 0.632. The highest BCUT2D eigenvalue weighted by Gasteiger charge is 2.25. The second-order valence-electron chi connectivity index (χ2n) is 7.41. The molecule has 1 saturated heterocycles. The van der Waals surface area contributed by atoms with E-state index in [4.69, 9.17) is 0 Å². The fourth-order valence-electron chi connectivity index (χ4n) is 3.90. The average molecular weight is 379 g/mol. The van der Waals surface area contributed by atoms with Gasteiger partial charge in [-0.2, -0.15) is 0 Å². The summed E-state index contributed by atoms with van der Waals surface area (Å²) in [6, 6.07) is 9.07. The van der Waals surface area contributed by atoms with E-state index in [1.165, 1.54) is 17.4 Å². The summed E-state index contributed by atoms with van der Waals surface area (Å²) >= 11 is 0. The third-order valence-corrected chi connectivity index (χ3v) is 6.82. The molecule has 0 bridgehead atoms. The Bertz CT molecular complexity index is 740. The first-order valence-corrected chi connectivity index (χ1v) is 11.3. The largest absolute Gasteiger partial charge is 0.356 e. The van der Waals surface area contributed by atoms with Crippen molar-refractivity contribution in [1.29, 1.82) is 0 Å². The maximum Gasteiger partial charge on any atom is 0.211 e. The lowest BCUT2D eigenvalue weighted by Crippen LogP contribution is -2.48. The molecule has 0 radical (unpaired) electrons. The molecule has 0 aromatic heterocycles. The summed E-state index contributed by atoms with van der Waals surface area (Å²) in [5.74, 6) is 1.33. The third-order valence-electron chi connectivity index (χ3n) is 5.51. The summed E-state index contributed by atoms with van der Waals surface area (Å²) in [4.78, 5) is 4.36. The Kier molecular flexibility index (Phi) is 6.19. The van der Waals surface area contributed by atoms with Gasteiger partial charge in [0.2, 0.25) is 10.0 Å². The van der Waals surface area contributed by atoms with Crippen molar-refractivity contribution in [2.24, 2.45) is 10.9 Å². The molecule has 0 amide bonds. The molecule has 2 N–H and O–H groups in total. The molecule has 1 heterocycles. The zero-order valence-electron chi connectivity index (χ0n) is 15.7. The molecule has 1 atom stereocenters. The number of fused-ring (bicyclic) bond motifs is 1. The molecule has 6 nitrogen and oxygen atoms in total. The topological polar surface area (TPSA) is 73.8 Å². The van der Waals surface area contributed by atoms with Gasteiger partial charge in [-0.25, -0.2) is 12.7 Å². The highest BCUT2D eigenvalue weighted by molar-refractivity contribution is 7.88. The van der Waals surface area contributed by atoms with Crippen LogP contribution >= 0.6 is 0 Å². The van der Waals surface area contributed by atoms with Gasteiger partial charge >= 0.3 is 0 Å². The molecule has 3 rings (SSSR count). The number of guanidine groups is 1. The monoisotopic (exact) mass is 378 g/mol. The molecule has 1 aromatic rings. The Hall–Kier alpha value is -1.60. The van der Waals surface area contributed by atoms with Crippen LogP contribution in [-0.4, -0.2) is 57.7 Å². The van der Waals surface area contributed by atoms with E-state index >= 15 is 0 Å². The number of piperidine rings is 1. The molecule has 1 unspecified atom stereocenters. The Morgan fingerprint density at radius 2 is 1.88 bits per heavy atom. The standard InChI is InChI=1S/C19H30N4O2S/c1-20-19(21-14-15-9-11-23(12-10-15)26(2,24)25)22-18-8-7-16-5-3-4-6-17(16)13-18/h3-6,15,18H,7-14H2,1-2H3,(H2,20,21,22). The molecule has 2 aliphatic rings. The van der Waals surface area contributed by atoms with Crippen LogP contribution in [0.5, 0.6) is 0 Å². The van der Waals surface area contributed by atoms with E-state index in [0.29, 0.717) is 25.0 Å². The third kappa shape index (κ3) is 4.98. The van der Waals surface area contributed by atoms with Gasteiger partial charge in [-0.15, -0.1) is 0 Å². The van der Waals surface area contributed by atoms with Gasteiger partial charge in [0.15, 0.2) is 5.96 Å². The van der Waals surface area contributed by atoms with Crippen molar-refractivity contribution in [3.63, 3.8) is 0 Å². The zero-order valence-corrected chi connectivity index (χ0v) is 16.6. The van der Waals surface area contributed by atoms with Crippen LogP contribution in [0.3, 0.4) is 0 Å². The number of aliphatic imine (C=N–C) groups is 1. The molecule has 0 spiro atoms. The maximum absolute atomic E-state index is 11.6. The summed E-state index contributed by atoms with van der Waals surface area (Å²) < 4.78 is 24.8. The molecule has 1 aromatic carbocycles. The van der Waals surface area contributed by atoms with Crippen LogP contribution in [-0.2, 0) is 22.9 Å². The molecule has 7 heteroatoms. The quantitative estimate of drug-likeness (QED) is 0.613. The van der Waals surface area contributed by atoms with Crippen molar-refractivity contribution in [3.8, 4) is 0 Å². The second-order valence-corrected chi connectivity index (χ2v) is 9.39. The second kappa shape index (κ2) is 8.39. The first-order chi connectivity index (χ1) is 12.5. The van der Waals surface area contributed by atoms with Crippen molar-refractivity contribution in [3.05, 3.63) is 35.4 Å². The van der Waals surface area contributed by atoms with Gasteiger partial charge in [0, 0.05) is 32.7 Å². The lowest BCUT2D eigenvalue weighted by atomic mass is 9.88. The minimum Gasteiger partial charge on any atom is -0.356 e. The number of hydrogen-bond acceptors (Lipinski definition) is 3. The molecule has 1 aliphatic carbocycles. The van der Waals surface area contributed by atoms with E-state index in [0.717, 1.165) is 44.6 Å². The number of aryl methyl sites for hydroxylation is 1. The van der Waals surface area contributed by atoms with E-state index in [-0.39, 0.29) is 0 Å². The van der Waals surface area contributed by atoms with Gasteiger partial charge in [0.1, 0.15) is 0 Å². The van der Waals surface area contributed by atoms with Crippen molar-refractivity contribution < 1.29 is 8.42 Å².